The molecule has 0 N–H and O–H groups in total. The number of amides is 1. The number of fused-ring (bicyclic) bond motifs is 1. The van der Waals surface area contributed by atoms with Gasteiger partial charge in [-0.2, -0.15) is 0 Å². The van der Waals surface area contributed by atoms with E-state index in [1.807, 2.05) is 41.3 Å². The first kappa shape index (κ1) is 18.8. The topological polar surface area (TPSA) is 45.1 Å². The van der Waals surface area contributed by atoms with Gasteiger partial charge in [0.25, 0.3) is 5.91 Å². The standard InChI is InChI=1S/C23H27N3O2/c1-15-9-10-19(11-16(15)2)24-22-20-7-5-6-8-21(20)26(23(22)27)14-25-17(3)12-28-13-18(25)4/h5-11,17-18H,12-14H2,1-4H3. The van der Waals surface area contributed by atoms with Gasteiger partial charge in [0.05, 0.1) is 31.3 Å². The van der Waals surface area contributed by atoms with Crippen molar-refractivity contribution in [2.45, 2.75) is 39.8 Å². The predicted molar refractivity (Wildman–Crippen MR) is 112 cm³/mol. The van der Waals surface area contributed by atoms with Crippen molar-refractivity contribution in [3.63, 3.8) is 0 Å². The summed E-state index contributed by atoms with van der Waals surface area (Å²) in [4.78, 5) is 22.3. The summed E-state index contributed by atoms with van der Waals surface area (Å²) in [5.74, 6) is -0.0367. The maximum Gasteiger partial charge on any atom is 0.278 e. The van der Waals surface area contributed by atoms with Crippen molar-refractivity contribution in [1.29, 1.82) is 0 Å². The molecule has 2 unspecified atom stereocenters. The van der Waals surface area contributed by atoms with Crippen molar-refractivity contribution >= 4 is 23.0 Å². The maximum atomic E-state index is 13.3. The van der Waals surface area contributed by atoms with Crippen molar-refractivity contribution in [3.05, 3.63) is 59.2 Å². The van der Waals surface area contributed by atoms with Gasteiger partial charge in [-0.1, -0.05) is 24.3 Å². The number of carbonyl (C=O) groups excluding carboxylic acids is 1. The molecule has 1 saturated heterocycles. The number of ether oxygens (including phenoxy) is 1. The van der Waals surface area contributed by atoms with Crippen LogP contribution in [0.3, 0.4) is 0 Å². The van der Waals surface area contributed by atoms with E-state index in [9.17, 15) is 4.79 Å². The van der Waals surface area contributed by atoms with Crippen LogP contribution < -0.4 is 4.90 Å². The van der Waals surface area contributed by atoms with Crippen LogP contribution in [-0.4, -0.2) is 48.5 Å². The summed E-state index contributed by atoms with van der Waals surface area (Å²) in [5.41, 5.74) is 5.57. The highest BCUT2D eigenvalue weighted by Gasteiger charge is 2.37. The SMILES string of the molecule is Cc1ccc(N=C2C(=O)N(CN3C(C)COCC3C)c3ccccc32)cc1C. The summed E-state index contributed by atoms with van der Waals surface area (Å²) in [5, 5.41) is 0. The van der Waals surface area contributed by atoms with Crippen LogP contribution in [0.4, 0.5) is 11.4 Å². The van der Waals surface area contributed by atoms with Crippen LogP contribution in [0.2, 0.25) is 0 Å². The molecule has 5 heteroatoms. The molecule has 1 amide bonds. The van der Waals surface area contributed by atoms with Crippen LogP contribution >= 0.6 is 0 Å². The molecule has 0 saturated carbocycles. The molecule has 0 bridgehead atoms. The molecule has 0 aliphatic carbocycles. The zero-order valence-electron chi connectivity index (χ0n) is 17.0. The average Bonchev–Trinajstić information content (AvgIpc) is 2.93. The highest BCUT2D eigenvalue weighted by molar-refractivity contribution is 6.54. The van der Waals surface area contributed by atoms with Crippen LogP contribution in [-0.2, 0) is 9.53 Å². The molecular weight excluding hydrogens is 350 g/mol. The van der Waals surface area contributed by atoms with Crippen molar-refractivity contribution < 1.29 is 9.53 Å². The fourth-order valence-electron chi connectivity index (χ4n) is 3.91. The van der Waals surface area contributed by atoms with E-state index in [0.29, 0.717) is 25.6 Å². The quantitative estimate of drug-likeness (QED) is 0.816. The van der Waals surface area contributed by atoms with Crippen molar-refractivity contribution in [2.24, 2.45) is 4.99 Å². The van der Waals surface area contributed by atoms with E-state index in [2.05, 4.69) is 38.7 Å². The second-order valence-corrected chi connectivity index (χ2v) is 7.87. The van der Waals surface area contributed by atoms with E-state index in [1.165, 1.54) is 11.1 Å². The fourth-order valence-corrected chi connectivity index (χ4v) is 3.91. The van der Waals surface area contributed by atoms with Gasteiger partial charge >= 0.3 is 0 Å². The van der Waals surface area contributed by atoms with Gasteiger partial charge in [-0.3, -0.25) is 14.6 Å². The molecule has 5 nitrogen and oxygen atoms in total. The van der Waals surface area contributed by atoms with E-state index in [0.717, 1.165) is 16.9 Å². The van der Waals surface area contributed by atoms with E-state index >= 15 is 0 Å². The van der Waals surface area contributed by atoms with Crippen LogP contribution in [0.25, 0.3) is 0 Å². The lowest BCUT2D eigenvalue weighted by Crippen LogP contribution is -2.54. The predicted octanol–water partition coefficient (Wildman–Crippen LogP) is 3.84. The second kappa shape index (κ2) is 7.49. The van der Waals surface area contributed by atoms with E-state index in [4.69, 9.17) is 9.73 Å². The molecule has 146 valence electrons. The molecule has 1 fully saturated rings. The number of carbonyl (C=O) groups is 1. The zero-order chi connectivity index (χ0) is 19.8. The third-order valence-electron chi connectivity index (χ3n) is 5.78. The smallest absolute Gasteiger partial charge is 0.278 e. The average molecular weight is 377 g/mol. The van der Waals surface area contributed by atoms with E-state index in [1.54, 1.807) is 0 Å². The lowest BCUT2D eigenvalue weighted by molar-refractivity contribution is -0.113. The lowest BCUT2D eigenvalue weighted by atomic mass is 10.1. The molecule has 0 spiro atoms. The number of para-hydroxylation sites is 1. The van der Waals surface area contributed by atoms with E-state index < -0.39 is 0 Å². The molecule has 0 aromatic heterocycles. The first-order valence-electron chi connectivity index (χ1n) is 9.86. The molecule has 2 aliphatic rings. The number of morpholine rings is 1. The Morgan fingerprint density at radius 2 is 1.75 bits per heavy atom. The molecule has 4 rings (SSSR count). The normalized spacial score (nSPS) is 24.1. The largest absolute Gasteiger partial charge is 0.378 e. The van der Waals surface area contributed by atoms with Gasteiger partial charge in [0.15, 0.2) is 0 Å². The van der Waals surface area contributed by atoms with Crippen LogP contribution in [0.15, 0.2) is 47.5 Å². The molecule has 2 heterocycles. The Balaban J connectivity index is 1.70. The molecule has 2 atom stereocenters. The summed E-state index contributed by atoms with van der Waals surface area (Å²) < 4.78 is 5.64. The monoisotopic (exact) mass is 377 g/mol. The van der Waals surface area contributed by atoms with Gasteiger partial charge in [0.1, 0.15) is 5.71 Å². The summed E-state index contributed by atoms with van der Waals surface area (Å²) in [7, 11) is 0. The van der Waals surface area contributed by atoms with Gasteiger partial charge in [0.2, 0.25) is 0 Å². The number of hydrogen-bond donors (Lipinski definition) is 0. The minimum absolute atomic E-state index is 0.0367. The first-order chi connectivity index (χ1) is 13.5. The van der Waals surface area contributed by atoms with Gasteiger partial charge in [-0.15, -0.1) is 0 Å². The number of nitrogens with zero attached hydrogens (tertiary/aromatic N) is 3. The highest BCUT2D eigenvalue weighted by atomic mass is 16.5. The summed E-state index contributed by atoms with van der Waals surface area (Å²) in [6, 6.07) is 14.5. The van der Waals surface area contributed by atoms with Crippen LogP contribution in [0, 0.1) is 13.8 Å². The number of benzene rings is 2. The highest BCUT2D eigenvalue weighted by Crippen LogP contribution is 2.32. The number of aliphatic imine (C=N–C) groups is 1. The van der Waals surface area contributed by atoms with Gasteiger partial charge < -0.3 is 4.74 Å². The lowest BCUT2D eigenvalue weighted by Gasteiger charge is -2.40. The Morgan fingerprint density at radius 1 is 1.04 bits per heavy atom. The Bertz CT molecular complexity index is 927. The van der Waals surface area contributed by atoms with Gasteiger partial charge in [-0.25, -0.2) is 4.99 Å². The van der Waals surface area contributed by atoms with Crippen molar-refractivity contribution in [1.82, 2.24) is 4.90 Å². The number of rotatable bonds is 3. The minimum atomic E-state index is -0.0367. The fraction of sp³-hybridized carbons (Fsp3) is 0.391. The second-order valence-electron chi connectivity index (χ2n) is 7.87. The molecule has 2 aromatic carbocycles. The van der Waals surface area contributed by atoms with Crippen molar-refractivity contribution in [2.75, 3.05) is 24.8 Å². The third kappa shape index (κ3) is 3.36. The van der Waals surface area contributed by atoms with Crippen LogP contribution in [0.1, 0.15) is 30.5 Å². The molecule has 0 radical (unpaired) electrons. The summed E-state index contributed by atoms with van der Waals surface area (Å²) in [6.45, 7) is 10.4. The molecular formula is C23H27N3O2. The molecule has 28 heavy (non-hydrogen) atoms. The maximum absolute atomic E-state index is 13.3. The molecule has 2 aromatic rings. The van der Waals surface area contributed by atoms with Gasteiger partial charge in [0, 0.05) is 17.6 Å². The Morgan fingerprint density at radius 3 is 2.46 bits per heavy atom. The van der Waals surface area contributed by atoms with Gasteiger partial charge in [-0.05, 0) is 57.0 Å². The van der Waals surface area contributed by atoms with Crippen molar-refractivity contribution in [3.8, 4) is 0 Å². The summed E-state index contributed by atoms with van der Waals surface area (Å²) in [6.07, 6.45) is 0. The molecule has 2 aliphatic heterocycles. The Hall–Kier alpha value is -2.50. The number of hydrogen-bond acceptors (Lipinski definition) is 4. The summed E-state index contributed by atoms with van der Waals surface area (Å²) >= 11 is 0. The minimum Gasteiger partial charge on any atom is -0.378 e. The number of anilines is 1. The Kier molecular flexibility index (Phi) is 5.04. The van der Waals surface area contributed by atoms with E-state index in [-0.39, 0.29) is 18.0 Å². The first-order valence-corrected chi connectivity index (χ1v) is 9.86. The zero-order valence-corrected chi connectivity index (χ0v) is 17.0. The van der Waals surface area contributed by atoms with Crippen LogP contribution in [0.5, 0.6) is 0 Å². The number of aryl methyl sites for hydroxylation is 2. The third-order valence-corrected chi connectivity index (χ3v) is 5.78. The Labute approximate surface area is 166 Å².